The summed E-state index contributed by atoms with van der Waals surface area (Å²) in [6.45, 7) is 0. The van der Waals surface area contributed by atoms with Gasteiger partial charge in [-0.1, -0.05) is 16.4 Å². The fraction of sp³-hybridized carbons (Fsp3) is 0.474. The predicted molar refractivity (Wildman–Crippen MR) is 100 cm³/mol. The molecule has 1 aromatic carbocycles. The highest BCUT2D eigenvalue weighted by Crippen LogP contribution is 2.38. The number of aromatic amines is 1. The lowest BCUT2D eigenvalue weighted by molar-refractivity contribution is -0.140. The molecule has 4 heterocycles. The zero-order valence-electron chi connectivity index (χ0n) is 15.2. The molecule has 3 atom stereocenters. The molecule has 0 aliphatic carbocycles. The molecule has 0 amide bonds. The Morgan fingerprint density at radius 2 is 1.89 bits per heavy atom. The van der Waals surface area contributed by atoms with E-state index in [9.17, 15) is 13.2 Å². The van der Waals surface area contributed by atoms with Crippen molar-refractivity contribution in [2.75, 3.05) is 7.05 Å². The van der Waals surface area contributed by atoms with Gasteiger partial charge in [0.15, 0.2) is 5.01 Å². The van der Waals surface area contributed by atoms with E-state index in [1.165, 1.54) is 24.2 Å². The summed E-state index contributed by atoms with van der Waals surface area (Å²) in [6.07, 6.45) is 0.194. The van der Waals surface area contributed by atoms with Crippen LogP contribution in [0.1, 0.15) is 31.4 Å². The summed E-state index contributed by atoms with van der Waals surface area (Å²) in [4.78, 5) is 4.86. The van der Waals surface area contributed by atoms with Crippen molar-refractivity contribution in [3.05, 3.63) is 30.0 Å². The van der Waals surface area contributed by atoms with Crippen molar-refractivity contribution in [2.24, 2.45) is 0 Å². The van der Waals surface area contributed by atoms with Gasteiger partial charge in [0.1, 0.15) is 11.8 Å². The van der Waals surface area contributed by atoms with Crippen LogP contribution >= 0.6 is 11.3 Å². The summed E-state index contributed by atoms with van der Waals surface area (Å²) >= 11 is 1.33. The molecular formula is C19H19F3N4OS. The van der Waals surface area contributed by atoms with Gasteiger partial charge in [-0.15, -0.1) is 5.10 Å². The summed E-state index contributed by atoms with van der Waals surface area (Å²) in [5.41, 5.74) is 0.424. The normalized spacial score (nSPS) is 25.5. The molecule has 3 aromatic rings. The maximum absolute atomic E-state index is 12.9. The smallest absolute Gasteiger partial charge is 0.431 e. The number of alkyl halides is 3. The number of hydrogen-bond donors (Lipinski definition) is 1. The topological polar surface area (TPSA) is 54.0 Å². The molecule has 2 bridgehead atoms. The third-order valence-corrected chi connectivity index (χ3v) is 6.77. The number of rotatable bonds is 3. The quantitative estimate of drug-likeness (QED) is 0.682. The molecule has 9 heteroatoms. The van der Waals surface area contributed by atoms with Crippen LogP contribution in [0.2, 0.25) is 0 Å². The summed E-state index contributed by atoms with van der Waals surface area (Å²) in [7, 11) is 2.18. The fourth-order valence-electron chi connectivity index (χ4n) is 4.39. The average molecular weight is 408 g/mol. The highest BCUT2D eigenvalue weighted by atomic mass is 32.1. The number of nitrogens with zero attached hydrogens (tertiary/aromatic N) is 3. The number of ether oxygens (including phenoxy) is 1. The Hall–Kier alpha value is -2.13. The van der Waals surface area contributed by atoms with Gasteiger partial charge in [-0.2, -0.15) is 13.2 Å². The van der Waals surface area contributed by atoms with Gasteiger partial charge >= 0.3 is 6.18 Å². The Kier molecular flexibility index (Phi) is 4.13. The molecule has 2 aliphatic rings. The second kappa shape index (κ2) is 6.45. The largest absolute Gasteiger partial charge is 0.465 e. The van der Waals surface area contributed by atoms with Gasteiger partial charge in [0.05, 0.1) is 0 Å². The zero-order valence-corrected chi connectivity index (χ0v) is 16.0. The molecule has 0 spiro atoms. The van der Waals surface area contributed by atoms with Gasteiger partial charge in [-0.3, -0.25) is 0 Å². The minimum atomic E-state index is -4.39. The first-order chi connectivity index (χ1) is 13.4. The third-order valence-electron chi connectivity index (χ3n) is 5.90. The minimum absolute atomic E-state index is 0.149. The van der Waals surface area contributed by atoms with Crippen LogP contribution in [0.4, 0.5) is 13.2 Å². The second-order valence-electron chi connectivity index (χ2n) is 7.62. The standard InChI is InChI=1S/C19H19F3N4OS/c1-26-12-3-4-13(26)9-14(8-12)27-18-25-24-17(28-18)10-2-5-15-11(6-10)7-16(23-15)19(20,21)22/h2,5-7,12-14,23H,3-4,8-9H2,1H3/t12-,13?,14?/m0/s1. The highest BCUT2D eigenvalue weighted by molar-refractivity contribution is 7.16. The van der Waals surface area contributed by atoms with Crippen molar-refractivity contribution in [2.45, 2.75) is 50.0 Å². The Bertz CT molecular complexity index is 1000. The molecule has 5 rings (SSSR count). The molecule has 2 saturated heterocycles. The number of piperidine rings is 1. The zero-order chi connectivity index (χ0) is 19.5. The Morgan fingerprint density at radius 1 is 1.14 bits per heavy atom. The van der Waals surface area contributed by atoms with Crippen molar-refractivity contribution in [3.63, 3.8) is 0 Å². The van der Waals surface area contributed by atoms with E-state index in [0.717, 1.165) is 24.5 Å². The van der Waals surface area contributed by atoms with Crippen LogP contribution in [-0.4, -0.2) is 45.3 Å². The highest BCUT2D eigenvalue weighted by Gasteiger charge is 2.39. The predicted octanol–water partition coefficient (Wildman–Crippen LogP) is 4.71. The molecule has 2 aliphatic heterocycles. The second-order valence-corrected chi connectivity index (χ2v) is 8.56. The lowest BCUT2D eigenvalue weighted by atomic mass is 10.0. The van der Waals surface area contributed by atoms with Gasteiger partial charge in [0.2, 0.25) is 0 Å². The van der Waals surface area contributed by atoms with Crippen molar-refractivity contribution in [3.8, 4) is 15.8 Å². The fourth-order valence-corrected chi connectivity index (χ4v) is 5.15. The van der Waals surface area contributed by atoms with Crippen molar-refractivity contribution < 1.29 is 17.9 Å². The Morgan fingerprint density at radius 3 is 2.61 bits per heavy atom. The number of benzene rings is 1. The van der Waals surface area contributed by atoms with E-state index in [0.29, 0.717) is 33.2 Å². The van der Waals surface area contributed by atoms with Crippen LogP contribution < -0.4 is 4.74 Å². The lowest BCUT2D eigenvalue weighted by Gasteiger charge is -2.35. The van der Waals surface area contributed by atoms with E-state index in [-0.39, 0.29) is 6.10 Å². The summed E-state index contributed by atoms with van der Waals surface area (Å²) in [5, 5.41) is 9.99. The molecule has 28 heavy (non-hydrogen) atoms. The van der Waals surface area contributed by atoms with Gasteiger partial charge in [-0.05, 0) is 57.0 Å². The van der Waals surface area contributed by atoms with E-state index < -0.39 is 11.9 Å². The molecule has 0 radical (unpaired) electrons. The van der Waals surface area contributed by atoms with Crippen LogP contribution in [-0.2, 0) is 6.18 Å². The van der Waals surface area contributed by atoms with E-state index >= 15 is 0 Å². The van der Waals surface area contributed by atoms with Crippen LogP contribution in [0.3, 0.4) is 0 Å². The molecule has 0 saturated carbocycles. The molecule has 2 aromatic heterocycles. The van der Waals surface area contributed by atoms with Gasteiger partial charge in [-0.25, -0.2) is 0 Å². The number of hydrogen-bond acceptors (Lipinski definition) is 5. The van der Waals surface area contributed by atoms with Crippen LogP contribution in [0, 0.1) is 0 Å². The summed E-state index contributed by atoms with van der Waals surface area (Å²) in [5.74, 6) is 0. The number of fused-ring (bicyclic) bond motifs is 3. The monoisotopic (exact) mass is 408 g/mol. The molecular weight excluding hydrogens is 389 g/mol. The molecule has 2 fully saturated rings. The van der Waals surface area contributed by atoms with Crippen LogP contribution in [0.5, 0.6) is 5.19 Å². The number of nitrogens with one attached hydrogen (secondary N) is 1. The van der Waals surface area contributed by atoms with Crippen molar-refractivity contribution in [1.82, 2.24) is 20.1 Å². The first-order valence-electron chi connectivity index (χ1n) is 9.29. The minimum Gasteiger partial charge on any atom is -0.465 e. The Balaban J connectivity index is 1.34. The van der Waals surface area contributed by atoms with Crippen molar-refractivity contribution >= 4 is 22.2 Å². The van der Waals surface area contributed by atoms with Gasteiger partial charge < -0.3 is 14.6 Å². The maximum Gasteiger partial charge on any atom is 0.431 e. The van der Waals surface area contributed by atoms with Crippen LogP contribution in [0.15, 0.2) is 24.3 Å². The SMILES string of the molecule is CN1C2CC[C@H]1CC(Oc1nnc(-c3ccc4[nH]c(C(F)(F)F)cc4c3)s1)C2. The Labute approximate surface area is 163 Å². The first kappa shape index (κ1) is 17.9. The number of halogens is 3. The molecule has 5 nitrogen and oxygen atoms in total. The molecule has 148 valence electrons. The van der Waals surface area contributed by atoms with Crippen molar-refractivity contribution in [1.29, 1.82) is 0 Å². The number of aromatic nitrogens is 3. The maximum atomic E-state index is 12.9. The van der Waals surface area contributed by atoms with E-state index in [2.05, 4.69) is 27.1 Å². The summed E-state index contributed by atoms with van der Waals surface area (Å²) < 4.78 is 44.8. The van der Waals surface area contributed by atoms with E-state index in [1.54, 1.807) is 18.2 Å². The van der Waals surface area contributed by atoms with E-state index in [1.807, 2.05) is 0 Å². The molecule has 2 unspecified atom stereocenters. The first-order valence-corrected chi connectivity index (χ1v) is 10.1. The molecule has 1 N–H and O–H groups in total. The van der Waals surface area contributed by atoms with E-state index in [4.69, 9.17) is 4.74 Å². The van der Waals surface area contributed by atoms with Crippen LogP contribution in [0.25, 0.3) is 21.5 Å². The third kappa shape index (κ3) is 3.16. The lowest BCUT2D eigenvalue weighted by Crippen LogP contribution is -2.43. The summed E-state index contributed by atoms with van der Waals surface area (Å²) in [6, 6.07) is 7.35. The average Bonchev–Trinajstić information content (AvgIpc) is 3.31. The van der Waals surface area contributed by atoms with Gasteiger partial charge in [0.25, 0.3) is 5.19 Å². The number of H-pyrrole nitrogens is 1. The van der Waals surface area contributed by atoms with Gasteiger partial charge in [0, 0.05) is 28.6 Å².